The van der Waals surface area contributed by atoms with Crippen LogP contribution in [0.25, 0.3) is 0 Å². The van der Waals surface area contributed by atoms with E-state index in [0.29, 0.717) is 10.9 Å². The summed E-state index contributed by atoms with van der Waals surface area (Å²) in [5.41, 5.74) is 4.50. The molecule has 0 amide bonds. The number of nitrogens with two attached hydrogens (primary N) is 1. The van der Waals surface area contributed by atoms with Crippen molar-refractivity contribution in [2.75, 3.05) is 14.2 Å². The van der Waals surface area contributed by atoms with Gasteiger partial charge in [0.25, 0.3) is 0 Å². The Bertz CT molecular complexity index is 575. The zero-order valence-electron chi connectivity index (χ0n) is 11.3. The molecular weight excluding hydrogens is 278 g/mol. The van der Waals surface area contributed by atoms with Gasteiger partial charge in [0, 0.05) is 11.8 Å². The molecule has 1 aromatic carbocycles. The van der Waals surface area contributed by atoms with E-state index >= 15 is 0 Å². The first-order valence-corrected chi connectivity index (χ1v) is 6.37. The molecule has 1 heterocycles. The molecule has 106 valence electrons. The minimum Gasteiger partial charge on any atom is -0.497 e. The van der Waals surface area contributed by atoms with Crippen molar-refractivity contribution in [1.82, 2.24) is 10.4 Å². The molecule has 5 nitrogen and oxygen atoms in total. The number of halogens is 1. The third kappa shape index (κ3) is 3.01. The van der Waals surface area contributed by atoms with E-state index in [2.05, 4.69) is 10.4 Å². The summed E-state index contributed by atoms with van der Waals surface area (Å²) in [5, 5.41) is 0.433. The molecule has 3 N–H and O–H groups in total. The molecule has 0 aliphatic heterocycles. The van der Waals surface area contributed by atoms with Gasteiger partial charge < -0.3 is 9.47 Å². The van der Waals surface area contributed by atoms with E-state index in [9.17, 15) is 0 Å². The van der Waals surface area contributed by atoms with E-state index in [1.807, 2.05) is 24.3 Å². The van der Waals surface area contributed by atoms with E-state index in [1.54, 1.807) is 26.5 Å². The Morgan fingerprint density at radius 1 is 1.20 bits per heavy atom. The number of hydrogen-bond acceptors (Lipinski definition) is 5. The summed E-state index contributed by atoms with van der Waals surface area (Å²) in [6.45, 7) is 0. The summed E-state index contributed by atoms with van der Waals surface area (Å²) in [7, 11) is 3.22. The average molecular weight is 294 g/mol. The number of ether oxygens (including phenoxy) is 2. The van der Waals surface area contributed by atoms with Crippen LogP contribution in [0.3, 0.4) is 0 Å². The first-order chi connectivity index (χ1) is 9.69. The number of pyridine rings is 1. The molecular formula is C14H16ClN3O2. The summed E-state index contributed by atoms with van der Waals surface area (Å²) in [6.07, 6.45) is 1.67. The lowest BCUT2D eigenvalue weighted by molar-refractivity contribution is 0.394. The summed E-state index contributed by atoms with van der Waals surface area (Å²) < 4.78 is 10.6. The van der Waals surface area contributed by atoms with Crippen LogP contribution in [0.4, 0.5) is 0 Å². The largest absolute Gasteiger partial charge is 0.497 e. The lowest BCUT2D eigenvalue weighted by Gasteiger charge is -2.20. The fourth-order valence-corrected chi connectivity index (χ4v) is 2.10. The molecule has 6 heteroatoms. The van der Waals surface area contributed by atoms with Crippen LogP contribution >= 0.6 is 11.6 Å². The molecule has 0 spiro atoms. The monoisotopic (exact) mass is 293 g/mol. The van der Waals surface area contributed by atoms with Crippen LogP contribution in [0.2, 0.25) is 5.15 Å². The lowest BCUT2D eigenvalue weighted by atomic mass is 9.99. The molecule has 1 unspecified atom stereocenters. The van der Waals surface area contributed by atoms with Gasteiger partial charge in [-0.3, -0.25) is 5.84 Å². The topological polar surface area (TPSA) is 69.4 Å². The van der Waals surface area contributed by atoms with Crippen molar-refractivity contribution in [2.24, 2.45) is 5.84 Å². The van der Waals surface area contributed by atoms with Crippen LogP contribution in [0.1, 0.15) is 17.2 Å². The van der Waals surface area contributed by atoms with Gasteiger partial charge in [0.2, 0.25) is 0 Å². The standard InChI is InChI=1S/C14H16ClN3O2/c1-19-10-4-5-12(20-2)11(7-10)14(18-16)9-3-6-13(15)17-8-9/h3-8,14,18H,16H2,1-2H3. The van der Waals surface area contributed by atoms with E-state index in [-0.39, 0.29) is 6.04 Å². The highest BCUT2D eigenvalue weighted by Crippen LogP contribution is 2.32. The van der Waals surface area contributed by atoms with Gasteiger partial charge in [-0.25, -0.2) is 10.4 Å². The SMILES string of the molecule is COc1ccc(OC)c(C(NN)c2ccc(Cl)nc2)c1. The van der Waals surface area contributed by atoms with Gasteiger partial charge in [-0.2, -0.15) is 0 Å². The van der Waals surface area contributed by atoms with Crippen molar-refractivity contribution in [3.8, 4) is 11.5 Å². The minimum absolute atomic E-state index is 0.273. The molecule has 2 rings (SSSR count). The van der Waals surface area contributed by atoms with Crippen molar-refractivity contribution >= 4 is 11.6 Å². The van der Waals surface area contributed by atoms with Crippen molar-refractivity contribution in [3.05, 3.63) is 52.8 Å². The summed E-state index contributed by atoms with van der Waals surface area (Å²) in [6, 6.07) is 8.84. The fourth-order valence-electron chi connectivity index (χ4n) is 1.99. The number of benzene rings is 1. The van der Waals surface area contributed by atoms with Crippen molar-refractivity contribution < 1.29 is 9.47 Å². The predicted molar refractivity (Wildman–Crippen MR) is 78.0 cm³/mol. The molecule has 2 aromatic rings. The van der Waals surface area contributed by atoms with Crippen molar-refractivity contribution in [2.45, 2.75) is 6.04 Å². The lowest BCUT2D eigenvalue weighted by Crippen LogP contribution is -2.29. The molecule has 1 atom stereocenters. The molecule has 0 saturated carbocycles. The number of nitrogens with one attached hydrogen (secondary N) is 1. The average Bonchev–Trinajstić information content (AvgIpc) is 2.49. The number of methoxy groups -OCH3 is 2. The molecule has 0 saturated heterocycles. The fraction of sp³-hybridized carbons (Fsp3) is 0.214. The van der Waals surface area contributed by atoms with E-state index in [0.717, 1.165) is 16.9 Å². The Labute approximate surface area is 122 Å². The zero-order chi connectivity index (χ0) is 14.5. The van der Waals surface area contributed by atoms with Crippen LogP contribution in [-0.4, -0.2) is 19.2 Å². The predicted octanol–water partition coefficient (Wildman–Crippen LogP) is 2.30. The molecule has 20 heavy (non-hydrogen) atoms. The number of aromatic nitrogens is 1. The Balaban J connectivity index is 2.47. The quantitative estimate of drug-likeness (QED) is 0.503. The van der Waals surface area contributed by atoms with Crippen molar-refractivity contribution in [3.63, 3.8) is 0 Å². The number of hydrazine groups is 1. The molecule has 1 aromatic heterocycles. The van der Waals surface area contributed by atoms with E-state index in [4.69, 9.17) is 26.9 Å². The Kier molecular flexibility index (Phi) is 4.79. The normalized spacial score (nSPS) is 12.0. The first kappa shape index (κ1) is 14.6. The van der Waals surface area contributed by atoms with E-state index < -0.39 is 0 Å². The van der Waals surface area contributed by atoms with Gasteiger partial charge in [-0.05, 0) is 29.8 Å². The number of rotatable bonds is 5. The van der Waals surface area contributed by atoms with E-state index in [1.165, 1.54) is 0 Å². The van der Waals surface area contributed by atoms with Gasteiger partial charge in [0.1, 0.15) is 16.7 Å². The highest BCUT2D eigenvalue weighted by atomic mass is 35.5. The van der Waals surface area contributed by atoms with Crippen LogP contribution in [0, 0.1) is 0 Å². The smallest absolute Gasteiger partial charge is 0.129 e. The van der Waals surface area contributed by atoms with Crippen LogP contribution < -0.4 is 20.7 Å². The second-order valence-corrected chi connectivity index (χ2v) is 4.51. The third-order valence-electron chi connectivity index (χ3n) is 3.00. The highest BCUT2D eigenvalue weighted by Gasteiger charge is 2.18. The van der Waals surface area contributed by atoms with Gasteiger partial charge in [0.05, 0.1) is 20.3 Å². The van der Waals surface area contributed by atoms with Gasteiger partial charge in [-0.1, -0.05) is 17.7 Å². The number of nitrogens with zero attached hydrogens (tertiary/aromatic N) is 1. The maximum atomic E-state index is 5.80. The zero-order valence-corrected chi connectivity index (χ0v) is 12.0. The van der Waals surface area contributed by atoms with Gasteiger partial charge in [-0.15, -0.1) is 0 Å². The maximum Gasteiger partial charge on any atom is 0.129 e. The third-order valence-corrected chi connectivity index (χ3v) is 3.22. The summed E-state index contributed by atoms with van der Waals surface area (Å²) in [5.74, 6) is 7.12. The number of hydrogen-bond donors (Lipinski definition) is 2. The minimum atomic E-state index is -0.273. The van der Waals surface area contributed by atoms with Crippen LogP contribution in [-0.2, 0) is 0 Å². The van der Waals surface area contributed by atoms with Gasteiger partial charge >= 0.3 is 0 Å². The molecule has 0 bridgehead atoms. The van der Waals surface area contributed by atoms with Crippen molar-refractivity contribution in [1.29, 1.82) is 0 Å². The molecule has 0 aliphatic rings. The first-order valence-electron chi connectivity index (χ1n) is 5.99. The second-order valence-electron chi connectivity index (χ2n) is 4.12. The Morgan fingerprint density at radius 3 is 2.55 bits per heavy atom. The Morgan fingerprint density at radius 2 is 2.00 bits per heavy atom. The second kappa shape index (κ2) is 6.56. The molecule has 0 aliphatic carbocycles. The summed E-state index contributed by atoms with van der Waals surface area (Å²) in [4.78, 5) is 4.07. The van der Waals surface area contributed by atoms with Gasteiger partial charge in [0.15, 0.2) is 0 Å². The maximum absolute atomic E-state index is 5.80. The Hall–Kier alpha value is -1.82. The molecule has 0 radical (unpaired) electrons. The summed E-state index contributed by atoms with van der Waals surface area (Å²) >= 11 is 5.80. The van der Waals surface area contributed by atoms with Crippen LogP contribution in [0.15, 0.2) is 36.5 Å². The highest BCUT2D eigenvalue weighted by molar-refractivity contribution is 6.29. The van der Waals surface area contributed by atoms with Crippen LogP contribution in [0.5, 0.6) is 11.5 Å². The molecule has 0 fully saturated rings.